The molecule has 2 saturated heterocycles. The molecule has 2 fully saturated rings. The topological polar surface area (TPSA) is 121 Å². The zero-order valence-corrected chi connectivity index (χ0v) is 23.7. The van der Waals surface area contributed by atoms with Crippen LogP contribution in [0, 0.1) is 0 Å². The Labute approximate surface area is 223 Å². The lowest BCUT2D eigenvalue weighted by molar-refractivity contribution is -0.0221. The van der Waals surface area contributed by atoms with E-state index < -0.39 is 24.0 Å². The van der Waals surface area contributed by atoms with Crippen LogP contribution in [0.5, 0.6) is 0 Å². The normalized spacial score (nSPS) is 19.2. The summed E-state index contributed by atoms with van der Waals surface area (Å²) in [6, 6.07) is 12.1. The van der Waals surface area contributed by atoms with Crippen LogP contribution in [-0.4, -0.2) is 71.8 Å². The molecule has 0 saturated carbocycles. The van der Waals surface area contributed by atoms with E-state index in [1.165, 1.54) is 0 Å². The maximum atomic E-state index is 13.6. The highest BCUT2D eigenvalue weighted by molar-refractivity contribution is 7.92. The van der Waals surface area contributed by atoms with Gasteiger partial charge in [0.05, 0.1) is 30.8 Å². The molecule has 0 bridgehead atoms. The van der Waals surface area contributed by atoms with Crippen LogP contribution in [0.25, 0.3) is 0 Å². The monoisotopic (exact) mass is 566 g/mol. The van der Waals surface area contributed by atoms with Gasteiger partial charge in [0.2, 0.25) is 10.0 Å². The van der Waals surface area contributed by atoms with Gasteiger partial charge in [-0.3, -0.25) is 9.52 Å². The van der Waals surface area contributed by atoms with Crippen LogP contribution in [0.4, 0.5) is 31.8 Å². The van der Waals surface area contributed by atoms with Crippen molar-refractivity contribution >= 4 is 47.0 Å². The number of nitrogens with one attached hydrogen (secondary N) is 2. The molecule has 4 rings (SSSR count). The largest absolute Gasteiger partial charge is 0.371 e. The van der Waals surface area contributed by atoms with Gasteiger partial charge >= 0.3 is 0 Å². The van der Waals surface area contributed by atoms with Crippen molar-refractivity contribution in [3.63, 3.8) is 0 Å². The molecule has 0 unspecified atom stereocenters. The second-order valence-electron chi connectivity index (χ2n) is 10.8. The quantitative estimate of drug-likeness (QED) is 0.416. The standard InChI is InChI=1S/C25H36F2N6O3SSi/c1-38(2)16-13-32(14-17-38)21-18-19(31-37(35,36)15-10-28)6-7-20(21)24(34)30-22-4-3-5-23(29-22)33-11-8-25(26,27)9-12-33/h3-7,18,31H,8-17,28H2,1-2H3,(H,29,30,34). The number of piperidine rings is 1. The highest BCUT2D eigenvalue weighted by atomic mass is 32.2. The maximum absolute atomic E-state index is 13.6. The molecule has 0 radical (unpaired) electrons. The van der Waals surface area contributed by atoms with Gasteiger partial charge in [0.1, 0.15) is 11.6 Å². The van der Waals surface area contributed by atoms with Gasteiger partial charge < -0.3 is 20.9 Å². The van der Waals surface area contributed by atoms with Crippen molar-refractivity contribution in [2.45, 2.75) is 43.9 Å². The van der Waals surface area contributed by atoms with E-state index in [9.17, 15) is 22.0 Å². The summed E-state index contributed by atoms with van der Waals surface area (Å²) in [7, 11) is -4.90. The zero-order valence-electron chi connectivity index (χ0n) is 21.8. The average Bonchev–Trinajstić information content (AvgIpc) is 2.84. The number of nitrogens with zero attached hydrogens (tertiary/aromatic N) is 3. The number of rotatable bonds is 8. The number of amides is 1. The minimum atomic E-state index is -3.60. The zero-order chi connectivity index (χ0) is 27.6. The van der Waals surface area contributed by atoms with E-state index in [0.717, 1.165) is 25.2 Å². The molecule has 38 heavy (non-hydrogen) atoms. The number of sulfonamides is 1. The molecule has 2 aromatic rings. The van der Waals surface area contributed by atoms with Crippen LogP contribution in [-0.2, 0) is 10.0 Å². The third-order valence-corrected chi connectivity index (χ3v) is 11.6. The molecule has 2 aliphatic heterocycles. The summed E-state index contributed by atoms with van der Waals surface area (Å²) in [5, 5.41) is 2.84. The highest BCUT2D eigenvalue weighted by Gasteiger charge is 2.34. The van der Waals surface area contributed by atoms with Crippen molar-refractivity contribution in [2.24, 2.45) is 5.73 Å². The van der Waals surface area contributed by atoms with Gasteiger partial charge in [-0.25, -0.2) is 22.2 Å². The molecular formula is C25H36F2N6O3SSi. The van der Waals surface area contributed by atoms with Gasteiger partial charge in [-0.2, -0.15) is 0 Å². The summed E-state index contributed by atoms with van der Waals surface area (Å²) >= 11 is 0. The van der Waals surface area contributed by atoms with Crippen molar-refractivity contribution in [1.82, 2.24) is 4.98 Å². The molecule has 208 valence electrons. The van der Waals surface area contributed by atoms with Gasteiger partial charge in [-0.05, 0) is 42.4 Å². The molecule has 1 aromatic heterocycles. The summed E-state index contributed by atoms with van der Waals surface area (Å²) < 4.78 is 54.3. The van der Waals surface area contributed by atoms with Crippen molar-refractivity contribution < 1.29 is 22.0 Å². The van der Waals surface area contributed by atoms with Crippen LogP contribution in [0.2, 0.25) is 25.2 Å². The van der Waals surface area contributed by atoms with E-state index >= 15 is 0 Å². The van der Waals surface area contributed by atoms with Crippen molar-refractivity contribution in [3.8, 4) is 0 Å². The molecule has 0 aliphatic carbocycles. The van der Waals surface area contributed by atoms with Crippen LogP contribution < -0.4 is 25.6 Å². The van der Waals surface area contributed by atoms with E-state index in [1.807, 2.05) is 0 Å². The fourth-order valence-electron chi connectivity index (χ4n) is 4.70. The summed E-state index contributed by atoms with van der Waals surface area (Å²) in [6.45, 7) is 6.64. The predicted octanol–water partition coefficient (Wildman–Crippen LogP) is 3.80. The number of aromatic nitrogens is 1. The van der Waals surface area contributed by atoms with Crippen LogP contribution >= 0.6 is 0 Å². The number of carbonyl (C=O) groups excluding carboxylic acids is 1. The van der Waals surface area contributed by atoms with Crippen LogP contribution in [0.3, 0.4) is 0 Å². The Balaban J connectivity index is 1.57. The van der Waals surface area contributed by atoms with Crippen molar-refractivity contribution in [2.75, 3.05) is 58.3 Å². The number of hydrogen-bond acceptors (Lipinski definition) is 7. The fraction of sp³-hybridized carbons (Fsp3) is 0.520. The van der Waals surface area contributed by atoms with Gasteiger partial charge in [0.15, 0.2) is 0 Å². The van der Waals surface area contributed by atoms with E-state index in [0.29, 0.717) is 28.6 Å². The predicted molar refractivity (Wildman–Crippen MR) is 151 cm³/mol. The SMILES string of the molecule is C[Si]1(C)CCN(c2cc(NS(=O)(=O)CCN)ccc2C(=O)Nc2cccc(N3CCC(F)(F)CC3)n2)CC1. The number of pyridine rings is 1. The van der Waals surface area contributed by atoms with E-state index in [4.69, 9.17) is 5.73 Å². The molecule has 1 amide bonds. The number of nitrogens with two attached hydrogens (primary N) is 1. The first kappa shape index (κ1) is 28.2. The third-order valence-electron chi connectivity index (χ3n) is 7.15. The lowest BCUT2D eigenvalue weighted by Gasteiger charge is -2.38. The Hall–Kier alpha value is -2.77. The first-order chi connectivity index (χ1) is 17.9. The lowest BCUT2D eigenvalue weighted by atomic mass is 10.1. The number of alkyl halides is 2. The summed E-state index contributed by atoms with van der Waals surface area (Å²) in [6.07, 6.45) is -0.461. The van der Waals surface area contributed by atoms with Crippen molar-refractivity contribution in [3.05, 3.63) is 42.0 Å². The van der Waals surface area contributed by atoms with Gasteiger partial charge in [0.25, 0.3) is 11.8 Å². The minimum absolute atomic E-state index is 0.000432. The minimum Gasteiger partial charge on any atom is -0.371 e. The number of hydrogen-bond donors (Lipinski definition) is 3. The second-order valence-corrected chi connectivity index (χ2v) is 17.9. The average molecular weight is 567 g/mol. The first-order valence-electron chi connectivity index (χ1n) is 12.9. The summed E-state index contributed by atoms with van der Waals surface area (Å²) in [5.41, 5.74) is 6.85. The number of benzene rings is 1. The molecule has 1 aromatic carbocycles. The lowest BCUT2D eigenvalue weighted by Crippen LogP contribution is -2.43. The third kappa shape index (κ3) is 7.20. The molecular weight excluding hydrogens is 530 g/mol. The Kier molecular flexibility index (Phi) is 8.28. The molecule has 0 atom stereocenters. The number of carbonyl (C=O) groups is 1. The highest BCUT2D eigenvalue weighted by Crippen LogP contribution is 2.33. The number of halogens is 2. The molecule has 9 nitrogen and oxygen atoms in total. The van der Waals surface area contributed by atoms with Crippen LogP contribution in [0.15, 0.2) is 36.4 Å². The van der Waals surface area contributed by atoms with E-state index in [-0.39, 0.29) is 44.1 Å². The summed E-state index contributed by atoms with van der Waals surface area (Å²) in [5.74, 6) is -2.39. The molecule has 0 spiro atoms. The molecule has 2 aliphatic rings. The van der Waals surface area contributed by atoms with E-state index in [1.54, 1.807) is 41.3 Å². The maximum Gasteiger partial charge on any atom is 0.258 e. The Bertz CT molecular complexity index is 1260. The Morgan fingerprint density at radius 2 is 1.76 bits per heavy atom. The Morgan fingerprint density at radius 3 is 2.42 bits per heavy atom. The van der Waals surface area contributed by atoms with Gasteiger partial charge in [-0.1, -0.05) is 19.2 Å². The first-order valence-corrected chi connectivity index (χ1v) is 17.9. The van der Waals surface area contributed by atoms with E-state index in [2.05, 4.69) is 33.0 Å². The Morgan fingerprint density at radius 1 is 1.08 bits per heavy atom. The van der Waals surface area contributed by atoms with Crippen LogP contribution in [0.1, 0.15) is 23.2 Å². The van der Waals surface area contributed by atoms with Gasteiger partial charge in [-0.15, -0.1) is 0 Å². The molecule has 3 heterocycles. The number of anilines is 4. The fourth-order valence-corrected chi connectivity index (χ4v) is 7.60. The van der Waals surface area contributed by atoms with Gasteiger partial charge in [0, 0.05) is 45.6 Å². The smallest absolute Gasteiger partial charge is 0.258 e. The second kappa shape index (κ2) is 11.1. The van der Waals surface area contributed by atoms with Crippen molar-refractivity contribution in [1.29, 1.82) is 0 Å². The molecule has 13 heteroatoms. The summed E-state index contributed by atoms with van der Waals surface area (Å²) in [4.78, 5) is 21.9. The molecule has 4 N–H and O–H groups in total.